The van der Waals surface area contributed by atoms with E-state index in [0.717, 1.165) is 27.9 Å². The van der Waals surface area contributed by atoms with Gasteiger partial charge in [0, 0.05) is 11.8 Å². The van der Waals surface area contributed by atoms with E-state index < -0.39 is 0 Å². The number of aromatic nitrogens is 3. The van der Waals surface area contributed by atoms with Gasteiger partial charge in [-0.2, -0.15) is 5.10 Å². The van der Waals surface area contributed by atoms with Gasteiger partial charge in [0.25, 0.3) is 5.91 Å². The lowest BCUT2D eigenvalue weighted by molar-refractivity contribution is 0.0938. The van der Waals surface area contributed by atoms with Crippen molar-refractivity contribution in [2.75, 3.05) is 0 Å². The maximum atomic E-state index is 13.5. The van der Waals surface area contributed by atoms with Gasteiger partial charge in [0.1, 0.15) is 5.56 Å². The van der Waals surface area contributed by atoms with Crippen LogP contribution >= 0.6 is 0 Å². The summed E-state index contributed by atoms with van der Waals surface area (Å²) < 4.78 is 1.74. The minimum Gasteiger partial charge on any atom is -0.345 e. The summed E-state index contributed by atoms with van der Waals surface area (Å²) in [7, 11) is 0. The highest BCUT2D eigenvalue weighted by Gasteiger charge is 2.21. The molecule has 0 aliphatic rings. The Balaban J connectivity index is 1.29. The number of rotatable bonds is 7. The maximum Gasteiger partial charge on any atom is 0.257 e. The van der Waals surface area contributed by atoms with Gasteiger partial charge in [-0.25, -0.2) is 9.50 Å². The zero-order valence-corrected chi connectivity index (χ0v) is 20.7. The van der Waals surface area contributed by atoms with Crippen molar-refractivity contribution >= 4 is 11.6 Å². The molecule has 0 aliphatic carbocycles. The summed E-state index contributed by atoms with van der Waals surface area (Å²) in [5.41, 5.74) is 7.36. The first-order chi connectivity index (χ1) is 18.8. The van der Waals surface area contributed by atoms with Crippen molar-refractivity contribution in [2.24, 2.45) is 0 Å². The number of nitrogens with one attached hydrogen (secondary N) is 1. The lowest BCUT2D eigenvalue weighted by atomic mass is 9.98. The fraction of sp³-hybridized carbons (Fsp3) is 0.0606. The minimum absolute atomic E-state index is 0.185. The van der Waals surface area contributed by atoms with Gasteiger partial charge in [0.05, 0.1) is 17.9 Å². The topological polar surface area (TPSA) is 59.3 Å². The number of carbonyl (C=O) groups excluding carboxylic acids is 1. The van der Waals surface area contributed by atoms with E-state index in [2.05, 4.69) is 63.9 Å². The molecule has 0 fully saturated rings. The van der Waals surface area contributed by atoms with E-state index in [9.17, 15) is 4.79 Å². The predicted molar refractivity (Wildman–Crippen MR) is 151 cm³/mol. The van der Waals surface area contributed by atoms with Crippen LogP contribution in [0, 0.1) is 0 Å². The maximum absolute atomic E-state index is 13.5. The molecule has 6 rings (SSSR count). The predicted octanol–water partition coefficient (Wildman–Crippen LogP) is 6.78. The molecule has 0 aliphatic heterocycles. The van der Waals surface area contributed by atoms with Gasteiger partial charge in [-0.05, 0) is 34.7 Å². The summed E-state index contributed by atoms with van der Waals surface area (Å²) in [6, 6.07) is 40.6. The zero-order chi connectivity index (χ0) is 25.7. The van der Waals surface area contributed by atoms with E-state index in [4.69, 9.17) is 0 Å². The van der Waals surface area contributed by atoms with Crippen molar-refractivity contribution in [3.8, 4) is 22.4 Å². The molecular formula is C33H26N4O. The van der Waals surface area contributed by atoms with Crippen LogP contribution in [0.2, 0.25) is 0 Å². The van der Waals surface area contributed by atoms with Crippen molar-refractivity contribution < 1.29 is 4.79 Å². The average molecular weight is 495 g/mol. The summed E-state index contributed by atoms with van der Waals surface area (Å²) in [5.74, 6) is -0.200. The molecule has 5 heteroatoms. The molecule has 6 aromatic rings. The molecule has 0 spiro atoms. The first-order valence-corrected chi connectivity index (χ1v) is 12.6. The lowest BCUT2D eigenvalue weighted by Gasteiger charge is -2.19. The van der Waals surface area contributed by atoms with Gasteiger partial charge >= 0.3 is 0 Å². The highest BCUT2D eigenvalue weighted by molar-refractivity contribution is 6.00. The standard InChI is InChI=1S/C33H26N4O/c38-33(36-30(27-14-8-3-9-15-27)22-24-10-4-1-5-11-24)29-23-35-37-31(20-21-34-32(29)37)28-18-16-26(17-19-28)25-12-6-2-7-13-25/h1-21,23,30H,22H2,(H,36,38). The van der Waals surface area contributed by atoms with Gasteiger partial charge in [-0.1, -0.05) is 115 Å². The summed E-state index contributed by atoms with van der Waals surface area (Å²) in [6.45, 7) is 0. The van der Waals surface area contributed by atoms with Crippen molar-refractivity contribution in [3.63, 3.8) is 0 Å². The fourth-order valence-electron chi connectivity index (χ4n) is 4.76. The van der Waals surface area contributed by atoms with Gasteiger partial charge in [-0.15, -0.1) is 0 Å². The molecule has 1 amide bonds. The average Bonchev–Trinajstić information content (AvgIpc) is 3.43. The van der Waals surface area contributed by atoms with Gasteiger partial charge in [0.15, 0.2) is 5.65 Å². The van der Waals surface area contributed by atoms with Crippen LogP contribution in [0.5, 0.6) is 0 Å². The van der Waals surface area contributed by atoms with Crippen molar-refractivity contribution in [1.29, 1.82) is 0 Å². The largest absolute Gasteiger partial charge is 0.345 e. The Bertz CT molecular complexity index is 1660. The number of hydrogen-bond donors (Lipinski definition) is 1. The van der Waals surface area contributed by atoms with E-state index in [0.29, 0.717) is 17.6 Å². The van der Waals surface area contributed by atoms with E-state index in [1.54, 1.807) is 16.9 Å². The Labute approximate surface area is 221 Å². The van der Waals surface area contributed by atoms with Crippen LogP contribution in [-0.4, -0.2) is 20.5 Å². The van der Waals surface area contributed by atoms with Crippen LogP contribution in [0.25, 0.3) is 28.0 Å². The summed E-state index contributed by atoms with van der Waals surface area (Å²) in [6.07, 6.45) is 4.01. The molecule has 2 heterocycles. The smallest absolute Gasteiger partial charge is 0.257 e. The van der Waals surface area contributed by atoms with Crippen LogP contribution < -0.4 is 5.32 Å². The highest BCUT2D eigenvalue weighted by Crippen LogP contribution is 2.26. The van der Waals surface area contributed by atoms with E-state index in [-0.39, 0.29) is 11.9 Å². The van der Waals surface area contributed by atoms with E-state index in [1.165, 1.54) is 5.56 Å². The lowest BCUT2D eigenvalue weighted by Crippen LogP contribution is -2.30. The molecule has 1 unspecified atom stereocenters. The Morgan fingerprint density at radius 3 is 2.03 bits per heavy atom. The van der Waals surface area contributed by atoms with E-state index >= 15 is 0 Å². The highest BCUT2D eigenvalue weighted by atomic mass is 16.1. The number of hydrogen-bond acceptors (Lipinski definition) is 3. The summed E-state index contributed by atoms with van der Waals surface area (Å²) in [4.78, 5) is 18.1. The Kier molecular flexibility index (Phi) is 6.48. The minimum atomic E-state index is -0.200. The van der Waals surface area contributed by atoms with Crippen molar-refractivity contribution in [1.82, 2.24) is 19.9 Å². The SMILES string of the molecule is O=C(NC(Cc1ccccc1)c1ccccc1)c1cnn2c(-c3ccc(-c4ccccc4)cc3)ccnc12. The molecule has 0 bridgehead atoms. The third-order valence-corrected chi connectivity index (χ3v) is 6.72. The Morgan fingerprint density at radius 1 is 0.711 bits per heavy atom. The monoisotopic (exact) mass is 494 g/mol. The van der Waals surface area contributed by atoms with Gasteiger partial charge in [-0.3, -0.25) is 4.79 Å². The second kappa shape index (κ2) is 10.5. The summed E-state index contributed by atoms with van der Waals surface area (Å²) >= 11 is 0. The molecule has 184 valence electrons. The molecule has 0 radical (unpaired) electrons. The summed E-state index contributed by atoms with van der Waals surface area (Å²) in [5, 5.41) is 7.78. The normalized spacial score (nSPS) is 11.8. The first kappa shape index (κ1) is 23.4. The fourth-order valence-corrected chi connectivity index (χ4v) is 4.76. The molecule has 0 saturated heterocycles. The number of nitrogens with zero attached hydrogens (tertiary/aromatic N) is 3. The van der Waals surface area contributed by atoms with Crippen molar-refractivity contribution in [3.05, 3.63) is 150 Å². The quantitative estimate of drug-likeness (QED) is 0.266. The van der Waals surface area contributed by atoms with Crippen molar-refractivity contribution in [2.45, 2.75) is 12.5 Å². The number of amides is 1. The Hall–Kier alpha value is -5.03. The molecule has 5 nitrogen and oxygen atoms in total. The van der Waals surface area contributed by atoms with Gasteiger partial charge < -0.3 is 5.32 Å². The van der Waals surface area contributed by atoms with Gasteiger partial charge in [0.2, 0.25) is 0 Å². The van der Waals surface area contributed by atoms with E-state index in [1.807, 2.05) is 72.8 Å². The molecular weight excluding hydrogens is 468 g/mol. The van der Waals surface area contributed by atoms with Crippen LogP contribution in [0.15, 0.2) is 134 Å². The molecule has 38 heavy (non-hydrogen) atoms. The van der Waals surface area contributed by atoms with Crippen LogP contribution in [-0.2, 0) is 6.42 Å². The Morgan fingerprint density at radius 2 is 1.32 bits per heavy atom. The van der Waals surface area contributed by atoms with Crippen LogP contribution in [0.3, 0.4) is 0 Å². The number of carbonyl (C=O) groups is 1. The molecule has 1 N–H and O–H groups in total. The second-order valence-corrected chi connectivity index (χ2v) is 9.19. The molecule has 2 aromatic heterocycles. The number of fused-ring (bicyclic) bond motifs is 1. The van der Waals surface area contributed by atoms with Crippen LogP contribution in [0.4, 0.5) is 0 Å². The zero-order valence-electron chi connectivity index (χ0n) is 20.7. The van der Waals surface area contributed by atoms with Crippen LogP contribution in [0.1, 0.15) is 27.5 Å². The molecule has 0 saturated carbocycles. The third kappa shape index (κ3) is 4.82. The molecule has 4 aromatic carbocycles. The number of benzene rings is 4. The third-order valence-electron chi connectivity index (χ3n) is 6.72. The second-order valence-electron chi connectivity index (χ2n) is 9.19. The molecule has 1 atom stereocenters. The first-order valence-electron chi connectivity index (χ1n) is 12.6.